The van der Waals surface area contributed by atoms with E-state index >= 15 is 0 Å². The van der Waals surface area contributed by atoms with Crippen LogP contribution in [-0.4, -0.2) is 33.0 Å². The first kappa shape index (κ1) is 46.9. The first-order chi connectivity index (χ1) is 34.9. The van der Waals surface area contributed by atoms with Gasteiger partial charge in [-0.1, -0.05) is 132 Å². The molecule has 0 atom stereocenters. The summed E-state index contributed by atoms with van der Waals surface area (Å²) in [5.74, 6) is -3.43. The van der Waals surface area contributed by atoms with Crippen molar-refractivity contribution < 1.29 is 28.7 Å². The van der Waals surface area contributed by atoms with Crippen molar-refractivity contribution in [2.24, 2.45) is 0 Å². The molecule has 8 nitrogen and oxygen atoms in total. The van der Waals surface area contributed by atoms with Crippen molar-refractivity contribution in [2.45, 2.75) is 105 Å². The van der Waals surface area contributed by atoms with E-state index in [-0.39, 0.29) is 54.7 Å². The molecular formula is C66H58N2O6. The Bertz CT molecular complexity index is 3740. The summed E-state index contributed by atoms with van der Waals surface area (Å²) in [5.41, 5.74) is 13.2. The summed E-state index contributed by atoms with van der Waals surface area (Å²) < 4.78 is 15.5. The number of rotatable bonds is 4. The van der Waals surface area contributed by atoms with Crippen LogP contribution in [0.3, 0.4) is 0 Å². The zero-order valence-electron chi connectivity index (χ0n) is 44.0. The first-order valence-corrected chi connectivity index (χ1v) is 25.5. The number of hydrogen-bond acceptors (Lipinski definition) is 6. The maximum absolute atomic E-state index is 14.1. The van der Waals surface area contributed by atoms with Crippen LogP contribution in [0, 0.1) is 0 Å². The number of benzene rings is 8. The van der Waals surface area contributed by atoms with E-state index in [1.807, 2.05) is 48.5 Å². The monoisotopic (exact) mass is 974 g/mol. The summed E-state index contributed by atoms with van der Waals surface area (Å²) in [6.45, 7) is 26.7. The van der Waals surface area contributed by atoms with E-state index in [0.717, 1.165) is 55.0 Å². The van der Waals surface area contributed by atoms with E-state index in [2.05, 4.69) is 165 Å². The molecule has 0 radical (unpaired) electrons. The summed E-state index contributed by atoms with van der Waals surface area (Å²) >= 11 is 0. The highest BCUT2D eigenvalue weighted by atomic mass is 16.6. The van der Waals surface area contributed by atoms with Crippen LogP contribution in [0.2, 0.25) is 0 Å². The Morgan fingerprint density at radius 2 is 0.581 bits per heavy atom. The fourth-order valence-corrected chi connectivity index (χ4v) is 11.3. The van der Waals surface area contributed by atoms with Gasteiger partial charge in [0, 0.05) is 43.7 Å². The molecule has 10 aromatic rings. The Kier molecular flexibility index (Phi) is 9.96. The second-order valence-corrected chi connectivity index (χ2v) is 24.5. The van der Waals surface area contributed by atoms with Gasteiger partial charge in [-0.2, -0.15) is 0 Å². The SMILES string of the molecule is CC(C)(C)c1ccc2c(c1)c1cc(C(C)(C)C)ccc1n2-c1ccc(-c2cc3c4c(c(-c5ccc(-n6c7ccc(C(C)(C)C)cc7c7cc(C(C)(C)C)ccc76)cc5)cc5c4c2C(=O)OC5=O)C(=O)OC3=O)cc1. The summed E-state index contributed by atoms with van der Waals surface area (Å²) in [6.07, 6.45) is 0. The van der Waals surface area contributed by atoms with Gasteiger partial charge in [0.1, 0.15) is 0 Å². The van der Waals surface area contributed by atoms with Crippen molar-refractivity contribution in [3.8, 4) is 33.6 Å². The Balaban J connectivity index is 0.995. The average molecular weight is 975 g/mol. The molecule has 368 valence electrons. The van der Waals surface area contributed by atoms with Gasteiger partial charge < -0.3 is 18.6 Å². The lowest BCUT2D eigenvalue weighted by molar-refractivity contribution is 0.0366. The minimum atomic E-state index is -0.859. The smallest absolute Gasteiger partial charge is 0.347 e. The number of carbonyl (C=O) groups excluding carboxylic acids is 4. The maximum atomic E-state index is 14.1. The average Bonchev–Trinajstić information content (AvgIpc) is 3.85. The molecule has 0 saturated heterocycles. The van der Waals surface area contributed by atoms with Crippen molar-refractivity contribution in [3.63, 3.8) is 0 Å². The zero-order chi connectivity index (χ0) is 52.3. The number of carbonyl (C=O) groups is 4. The third-order valence-corrected chi connectivity index (χ3v) is 15.5. The van der Waals surface area contributed by atoms with Gasteiger partial charge in [0.25, 0.3) is 0 Å². The molecule has 12 rings (SSSR count). The number of esters is 4. The van der Waals surface area contributed by atoms with Crippen molar-refractivity contribution in [3.05, 3.63) is 178 Å². The van der Waals surface area contributed by atoms with E-state index in [1.54, 1.807) is 12.1 Å². The van der Waals surface area contributed by atoms with E-state index < -0.39 is 23.9 Å². The normalized spacial score (nSPS) is 14.3. The predicted molar refractivity (Wildman–Crippen MR) is 298 cm³/mol. The minimum absolute atomic E-state index is 0.0469. The molecule has 0 saturated carbocycles. The summed E-state index contributed by atoms with van der Waals surface area (Å²) in [5, 5.41) is 5.04. The molecule has 0 fully saturated rings. The summed E-state index contributed by atoms with van der Waals surface area (Å²) in [7, 11) is 0. The van der Waals surface area contributed by atoms with Crippen LogP contribution in [0.4, 0.5) is 0 Å². The number of cyclic esters (lactones) is 4. The molecule has 0 N–H and O–H groups in total. The molecule has 0 spiro atoms. The van der Waals surface area contributed by atoms with Crippen LogP contribution in [0.15, 0.2) is 133 Å². The van der Waals surface area contributed by atoms with Crippen LogP contribution >= 0.6 is 0 Å². The van der Waals surface area contributed by atoms with Crippen molar-refractivity contribution >= 4 is 78.3 Å². The highest BCUT2D eigenvalue weighted by Crippen LogP contribution is 2.47. The molecule has 0 aliphatic carbocycles. The van der Waals surface area contributed by atoms with Crippen molar-refractivity contribution in [1.82, 2.24) is 9.13 Å². The van der Waals surface area contributed by atoms with Crippen LogP contribution in [0.1, 0.15) is 147 Å². The number of aromatic nitrogens is 2. The molecule has 8 aromatic carbocycles. The zero-order valence-corrected chi connectivity index (χ0v) is 44.0. The fraction of sp³-hybridized carbons (Fsp3) is 0.242. The lowest BCUT2D eigenvalue weighted by Gasteiger charge is -2.26. The van der Waals surface area contributed by atoms with Crippen LogP contribution < -0.4 is 0 Å². The highest BCUT2D eigenvalue weighted by molar-refractivity contribution is 6.33. The van der Waals surface area contributed by atoms with Crippen molar-refractivity contribution in [2.75, 3.05) is 0 Å². The molecular weight excluding hydrogens is 917 g/mol. The molecule has 0 unspecified atom stereocenters. The van der Waals surface area contributed by atoms with Crippen LogP contribution in [0.5, 0.6) is 0 Å². The Labute approximate surface area is 430 Å². The van der Waals surface area contributed by atoms with E-state index in [9.17, 15) is 19.2 Å². The molecule has 2 aliphatic rings. The lowest BCUT2D eigenvalue weighted by Crippen LogP contribution is -2.26. The molecule has 0 bridgehead atoms. The molecule has 4 heterocycles. The highest BCUT2D eigenvalue weighted by Gasteiger charge is 2.40. The van der Waals surface area contributed by atoms with Gasteiger partial charge in [-0.3, -0.25) is 0 Å². The van der Waals surface area contributed by atoms with Gasteiger partial charge in [0.05, 0.1) is 44.3 Å². The number of hydrogen-bond donors (Lipinski definition) is 0. The first-order valence-electron chi connectivity index (χ1n) is 25.5. The molecule has 2 aromatic heterocycles. The molecule has 8 heteroatoms. The third kappa shape index (κ3) is 7.16. The second-order valence-electron chi connectivity index (χ2n) is 24.5. The minimum Gasteiger partial charge on any atom is -0.386 e. The summed E-state index contributed by atoms with van der Waals surface area (Å²) in [6, 6.07) is 45.6. The summed E-state index contributed by atoms with van der Waals surface area (Å²) in [4.78, 5) is 56.0. The van der Waals surface area contributed by atoms with Crippen molar-refractivity contribution in [1.29, 1.82) is 0 Å². The van der Waals surface area contributed by atoms with Gasteiger partial charge in [-0.25, -0.2) is 19.2 Å². The number of fused-ring (bicyclic) bond motifs is 6. The van der Waals surface area contributed by atoms with Crippen LogP contribution in [0.25, 0.3) is 88.0 Å². The Hall–Kier alpha value is -8.10. The van der Waals surface area contributed by atoms with Gasteiger partial charge >= 0.3 is 23.9 Å². The van der Waals surface area contributed by atoms with E-state index in [4.69, 9.17) is 9.47 Å². The standard InChI is InChI=1S/C66H58N2O6/c1-63(2,3)37-17-25-51-45(29-37)46-30-38(64(4,5)6)18-26-52(46)67(51)41-21-13-35(14-22-41)43-33-49-56-55-50(60(70)73-61(71)57(43)55)34-44(58(56)62(72)74-59(49)69)36-15-23-42(24-16-36)68-53-27-19-39(65(7,8)9)31-47(53)48-32-40(66(10,11)12)20-28-54(48)68/h13-34H,1-12H3. The fourth-order valence-electron chi connectivity index (χ4n) is 11.3. The lowest BCUT2D eigenvalue weighted by atomic mass is 9.81. The van der Waals surface area contributed by atoms with Gasteiger partial charge in [-0.15, -0.1) is 0 Å². The molecule has 2 aliphatic heterocycles. The van der Waals surface area contributed by atoms with Crippen LogP contribution in [-0.2, 0) is 31.1 Å². The molecule has 74 heavy (non-hydrogen) atoms. The Morgan fingerprint density at radius 3 is 0.838 bits per heavy atom. The van der Waals surface area contributed by atoms with Gasteiger partial charge in [0.15, 0.2) is 0 Å². The number of nitrogens with zero attached hydrogens (tertiary/aromatic N) is 2. The largest absolute Gasteiger partial charge is 0.386 e. The van der Waals surface area contributed by atoms with E-state index in [1.165, 1.54) is 22.3 Å². The quantitative estimate of drug-likeness (QED) is 0.129. The second kappa shape index (κ2) is 15.7. The van der Waals surface area contributed by atoms with Gasteiger partial charge in [0.2, 0.25) is 0 Å². The topological polar surface area (TPSA) is 96.6 Å². The predicted octanol–water partition coefficient (Wildman–Crippen LogP) is 16.2. The third-order valence-electron chi connectivity index (χ3n) is 15.5. The molecule has 0 amide bonds. The maximum Gasteiger partial charge on any atom is 0.347 e. The Morgan fingerprint density at radius 1 is 0.311 bits per heavy atom. The van der Waals surface area contributed by atoms with Gasteiger partial charge in [-0.05, 0) is 151 Å². The van der Waals surface area contributed by atoms with E-state index in [0.29, 0.717) is 22.3 Å². The number of ether oxygens (including phenoxy) is 2.